The third kappa shape index (κ3) is 22.0. The van der Waals surface area contributed by atoms with Gasteiger partial charge < -0.3 is 43.2 Å². The van der Waals surface area contributed by atoms with Crippen molar-refractivity contribution in [2.24, 2.45) is 0 Å². The second-order valence-electron chi connectivity index (χ2n) is 28.2. The van der Waals surface area contributed by atoms with Crippen molar-refractivity contribution in [1.82, 2.24) is 44.9 Å². The maximum absolute atomic E-state index is 8.35. The second kappa shape index (κ2) is 42.0. The number of rotatable bonds is 12. The van der Waals surface area contributed by atoms with Gasteiger partial charge in [0.15, 0.2) is 0 Å². The number of aryl methyl sites for hydroxylation is 7. The summed E-state index contributed by atoms with van der Waals surface area (Å²) < 4.78 is 227. The van der Waals surface area contributed by atoms with Crippen LogP contribution in [0.25, 0.3) is 134 Å². The fraction of sp³-hybridized carbons (Fsp3) is 0.236. The first kappa shape index (κ1) is 61.3. The SMILES string of the molecule is [2H]C([2H])([2H])C([2H])(C)c1ccc(-c2[c-]ccc3c2oc2nc(C)ccc23)nc1.[2H]C([2H])([2H])C([2H])(C)c1ccnc(-c2[c-]ccc3c2oc2nc(C)ccc23)c1.[2H]C([2H])([2H])C([2H])(C)c1cnc(-c2[c-]cccc2)cc1C.[2H]C([2H])([2H])C([2H])(C)c1cnc(-c2[c-]cccc2)cc1C.[2H]C([2H])([2H])C([2H])(C)c1cnc(-c2[c-]cccc2)cc1C.[2H]C([2H])([2H])c1cc(-c2[c-]ccc3c2oc2nc(C)ccc23)ncc1C([2H])(C)C([2H])([2H])[2H].[Ir].[Ir].[Ir]. The first-order valence-corrected chi connectivity index (χ1v) is 37.8. The van der Waals surface area contributed by atoms with E-state index in [9.17, 15) is 0 Å². The summed E-state index contributed by atoms with van der Waals surface area (Å²) in [5, 5.41) is 5.22. The molecule has 0 aliphatic carbocycles. The van der Waals surface area contributed by atoms with Crippen molar-refractivity contribution < 1.29 is 111 Å². The number of fused-ring (bicyclic) bond motifs is 9. The third-order valence-corrected chi connectivity index (χ3v) is 19.3. The summed E-state index contributed by atoms with van der Waals surface area (Å²) >= 11 is 0. The van der Waals surface area contributed by atoms with Crippen molar-refractivity contribution in [1.29, 1.82) is 0 Å². The van der Waals surface area contributed by atoms with Gasteiger partial charge in [0.1, 0.15) is 0 Å². The first-order valence-electron chi connectivity index (χ1n) is 51.3. The molecule has 0 N–H and O–H groups in total. The molecule has 0 spiro atoms. The van der Waals surface area contributed by atoms with E-state index in [2.05, 4.69) is 81.3 Å². The summed E-state index contributed by atoms with van der Waals surface area (Å²) in [6.45, 7) is 1.78. The maximum atomic E-state index is 8.35. The van der Waals surface area contributed by atoms with Gasteiger partial charge in [-0.2, -0.15) is 0 Å². The van der Waals surface area contributed by atoms with Gasteiger partial charge in [-0.05, 0) is 188 Å². The Hall–Kier alpha value is -11.0. The molecule has 18 aromatic rings. The zero-order valence-corrected chi connectivity index (χ0v) is 75.4. The summed E-state index contributed by atoms with van der Waals surface area (Å²) in [5.41, 5.74) is 17.4. The number of benzene rings is 6. The number of nitrogens with zero attached hydrogens (tertiary/aromatic N) is 9. The van der Waals surface area contributed by atoms with Crippen LogP contribution in [0.5, 0.6) is 0 Å². The molecule has 18 rings (SSSR count). The van der Waals surface area contributed by atoms with Crippen molar-refractivity contribution in [2.45, 2.75) is 166 Å². The van der Waals surface area contributed by atoms with Gasteiger partial charge in [-0.3, -0.25) is 0 Å². The van der Waals surface area contributed by atoms with Crippen molar-refractivity contribution in [2.75, 3.05) is 0 Å². The van der Waals surface area contributed by atoms with Crippen LogP contribution in [0.1, 0.15) is 228 Å². The largest absolute Gasteiger partial charge is 0.486 e. The predicted octanol–water partition coefficient (Wildman–Crippen LogP) is 28.1. The molecule has 12 heterocycles. The predicted molar refractivity (Wildman–Crippen MR) is 484 cm³/mol. The van der Waals surface area contributed by atoms with E-state index in [1.807, 2.05) is 151 Å². The molecule has 15 heteroatoms. The zero-order valence-electron chi connectivity index (χ0n) is 95.2. The zero-order chi connectivity index (χ0) is 106. The molecule has 6 aromatic carbocycles. The van der Waals surface area contributed by atoms with Gasteiger partial charge in [0, 0.05) is 168 Å². The summed E-state index contributed by atoms with van der Waals surface area (Å²) in [6.07, 6.45) is 8.59. The molecule has 12 nitrogen and oxygen atoms in total. The summed E-state index contributed by atoms with van der Waals surface area (Å²) in [6, 6.07) is 76.7. The Morgan fingerprint density at radius 2 is 0.636 bits per heavy atom. The van der Waals surface area contributed by atoms with E-state index in [0.29, 0.717) is 89.8 Å². The Balaban J connectivity index is 0.000000182. The average Bonchev–Trinajstić information content (AvgIpc) is 1.58. The Labute approximate surface area is 791 Å². The number of furan rings is 3. The number of pyridine rings is 9. The first-order chi connectivity index (χ1) is 67.4. The topological polar surface area (TPSA) is 155 Å². The Morgan fingerprint density at radius 1 is 0.298 bits per heavy atom. The molecule has 0 aliphatic rings. The average molecular weight is 2150 g/mol. The van der Waals surface area contributed by atoms with E-state index < -0.39 is 83.3 Å². The van der Waals surface area contributed by atoms with Crippen LogP contribution in [-0.2, 0) is 60.3 Å². The van der Waals surface area contributed by atoms with Crippen LogP contribution in [0.2, 0.25) is 0 Å². The normalized spacial score (nSPS) is 17.9. The molecule has 0 saturated heterocycles. The minimum atomic E-state index is -2.73. The van der Waals surface area contributed by atoms with E-state index in [1.54, 1.807) is 78.9 Å². The molecule has 12 aromatic heterocycles. The smallest absolute Gasteiger partial charge is 0.216 e. The van der Waals surface area contributed by atoms with E-state index >= 15 is 0 Å². The van der Waals surface area contributed by atoms with Gasteiger partial charge in [0.05, 0.1) is 16.7 Å². The standard InChI is InChI=1S/C21H19N2O.2C20H17N2O.3C15H16N.3Ir/c1-12(2)18-11-22-19(10-13(18)3)17-7-5-6-15-16-9-8-14(4)23-21(16)24-20(15)17;1-12(2)14-8-10-18(21-11-14)17-6-4-5-15-16-9-7-13(3)22-20(16)23-19(15)17;1-12(2)14-9-10-21-18(11-14)17-6-4-5-15-16-8-7-13(3)22-20(16)23-19(15)17;3*1-11(2)14-10-16-15(9-12(14)3)13-7-5-4-6-8-13;;;/h5-6,8-12H,1-4H3;2*4-5,7-12H,1-3H3;3*4-7,9-11H,1-3H3;;;/q6*-1;;;/i1D3,3D3,12D;2*1D3,12D;3*1D3,11D;;;. The molecule has 121 heavy (non-hydrogen) atoms. The van der Waals surface area contributed by atoms with Crippen LogP contribution in [0.15, 0.2) is 245 Å². The molecular weight excluding hydrogens is 2020 g/mol. The molecule has 6 unspecified atom stereocenters. The van der Waals surface area contributed by atoms with Crippen molar-refractivity contribution in [3.8, 4) is 67.5 Å². The molecule has 621 valence electrons. The fourth-order valence-electron chi connectivity index (χ4n) is 13.1. The molecule has 6 atom stereocenters. The minimum absolute atomic E-state index is 0. The Morgan fingerprint density at radius 3 is 0.975 bits per heavy atom. The number of hydrogen-bond donors (Lipinski definition) is 0. The maximum Gasteiger partial charge on any atom is 0.216 e. The molecule has 0 bridgehead atoms. The molecule has 0 saturated carbocycles. The summed E-state index contributed by atoms with van der Waals surface area (Å²) in [7, 11) is 0. The molecule has 0 fully saturated rings. The van der Waals surface area contributed by atoms with Crippen molar-refractivity contribution in [3.63, 3.8) is 0 Å². The molecule has 0 amide bonds. The number of aromatic nitrogens is 9. The molecular formula is C106H101Ir3N9O3-6. The van der Waals surface area contributed by atoms with Crippen LogP contribution in [0.4, 0.5) is 0 Å². The van der Waals surface area contributed by atoms with E-state index in [-0.39, 0.29) is 77.1 Å². The van der Waals surface area contributed by atoms with Gasteiger partial charge >= 0.3 is 0 Å². The van der Waals surface area contributed by atoms with Crippen molar-refractivity contribution >= 4 is 66.2 Å². The van der Waals surface area contributed by atoms with Gasteiger partial charge in [0.2, 0.25) is 17.1 Å². The van der Waals surface area contributed by atoms with Gasteiger partial charge in [-0.15, -0.1) is 162 Å². The summed E-state index contributed by atoms with van der Waals surface area (Å²) in [4.78, 5) is 39.2. The monoisotopic (exact) mass is 2150 g/mol. The van der Waals surface area contributed by atoms with Crippen LogP contribution in [0.3, 0.4) is 0 Å². The van der Waals surface area contributed by atoms with Gasteiger partial charge in [-0.1, -0.05) is 186 Å². The Kier molecular flexibility index (Phi) is 21.3. The quantitative estimate of drug-likeness (QED) is 0.107. The summed E-state index contributed by atoms with van der Waals surface area (Å²) in [5.74, 6) is -10.6. The minimum Gasteiger partial charge on any atom is -0.486 e. The van der Waals surface area contributed by atoms with E-state index in [1.165, 1.54) is 78.6 Å². The van der Waals surface area contributed by atoms with Crippen LogP contribution >= 0.6 is 0 Å². The third-order valence-electron chi connectivity index (χ3n) is 19.3. The number of hydrogen-bond acceptors (Lipinski definition) is 12. The second-order valence-corrected chi connectivity index (χ2v) is 28.2. The van der Waals surface area contributed by atoms with Gasteiger partial charge in [-0.25, -0.2) is 15.0 Å². The molecule has 3 radical (unpaired) electrons. The van der Waals surface area contributed by atoms with Crippen LogP contribution < -0.4 is 0 Å². The Bertz CT molecular complexity index is 7480. The van der Waals surface area contributed by atoms with Crippen LogP contribution in [0, 0.1) is 84.8 Å². The fourth-order valence-corrected chi connectivity index (χ4v) is 13.1. The van der Waals surface area contributed by atoms with Gasteiger partial charge in [0.25, 0.3) is 0 Å². The molecule has 0 aliphatic heterocycles. The van der Waals surface area contributed by atoms with Crippen LogP contribution in [-0.4, -0.2) is 44.9 Å². The van der Waals surface area contributed by atoms with Crippen molar-refractivity contribution in [3.05, 3.63) is 340 Å². The van der Waals surface area contributed by atoms with E-state index in [4.69, 9.17) is 50.3 Å². The van der Waals surface area contributed by atoms with E-state index in [0.717, 1.165) is 106 Å².